The Hall–Kier alpha value is -0.950. The molecule has 2 atom stereocenters. The molecule has 5 nitrogen and oxygen atoms in total. The number of hydrogen-bond acceptors (Lipinski definition) is 4. The van der Waals surface area contributed by atoms with E-state index in [4.69, 9.17) is 5.73 Å². The zero-order valence-corrected chi connectivity index (χ0v) is 12.7. The summed E-state index contributed by atoms with van der Waals surface area (Å²) in [6, 6.07) is 6.51. The summed E-state index contributed by atoms with van der Waals surface area (Å²) in [7, 11) is -3.54. The van der Waals surface area contributed by atoms with Gasteiger partial charge in [-0.05, 0) is 44.4 Å². The van der Waals surface area contributed by atoms with Crippen molar-refractivity contribution in [3.05, 3.63) is 29.8 Å². The lowest BCUT2D eigenvalue weighted by atomic mass is 9.97. The third kappa shape index (κ3) is 3.20. The second-order valence-electron chi connectivity index (χ2n) is 5.80. The van der Waals surface area contributed by atoms with E-state index >= 15 is 0 Å². The molecule has 0 amide bonds. The van der Waals surface area contributed by atoms with Gasteiger partial charge < -0.3 is 10.8 Å². The van der Waals surface area contributed by atoms with Crippen LogP contribution in [0.3, 0.4) is 0 Å². The fourth-order valence-corrected chi connectivity index (χ4v) is 4.07. The van der Waals surface area contributed by atoms with E-state index in [1.54, 1.807) is 31.2 Å². The van der Waals surface area contributed by atoms with Crippen LogP contribution in [0.15, 0.2) is 29.2 Å². The average Bonchev–Trinajstić information content (AvgIpc) is 2.37. The van der Waals surface area contributed by atoms with Crippen LogP contribution in [0.5, 0.6) is 0 Å². The van der Waals surface area contributed by atoms with Gasteiger partial charge in [-0.2, -0.15) is 4.31 Å². The van der Waals surface area contributed by atoms with Gasteiger partial charge in [0, 0.05) is 19.1 Å². The van der Waals surface area contributed by atoms with Crippen molar-refractivity contribution in [1.29, 1.82) is 0 Å². The van der Waals surface area contributed by atoms with Gasteiger partial charge in [0.25, 0.3) is 0 Å². The maximum absolute atomic E-state index is 12.5. The number of β-amino-alcohol motifs (C(OH)–C–C–N with tert-alkyl or cyclic N) is 1. The lowest BCUT2D eigenvalue weighted by Gasteiger charge is -2.35. The molecule has 1 aliphatic heterocycles. The van der Waals surface area contributed by atoms with Crippen molar-refractivity contribution in [3.63, 3.8) is 0 Å². The van der Waals surface area contributed by atoms with Crippen molar-refractivity contribution in [3.8, 4) is 0 Å². The number of aliphatic hydroxyl groups is 1. The summed E-state index contributed by atoms with van der Waals surface area (Å²) in [4.78, 5) is 0.250. The minimum atomic E-state index is -3.54. The highest BCUT2D eigenvalue weighted by Gasteiger charge is 2.35. The summed E-state index contributed by atoms with van der Waals surface area (Å²) in [5.74, 6) is 0. The van der Waals surface area contributed by atoms with E-state index < -0.39 is 15.6 Å². The molecule has 1 aromatic rings. The van der Waals surface area contributed by atoms with Gasteiger partial charge in [-0.15, -0.1) is 0 Å². The van der Waals surface area contributed by atoms with Crippen molar-refractivity contribution >= 4 is 10.0 Å². The van der Waals surface area contributed by atoms with Crippen molar-refractivity contribution < 1.29 is 13.5 Å². The first kappa shape index (κ1) is 15.4. The molecular weight excluding hydrogens is 276 g/mol. The Labute approximate surface area is 120 Å². The molecular formula is C14H22N2O3S. The standard InChI is InChI=1S/C14H22N2O3S/c1-11(15)12-4-6-13(7-5-12)20(18,19)16-9-3-8-14(2,17)10-16/h4-7,11,17H,3,8-10,15H2,1-2H3. The average molecular weight is 298 g/mol. The third-order valence-corrected chi connectivity index (χ3v) is 5.54. The Bertz CT molecular complexity index is 565. The monoisotopic (exact) mass is 298 g/mol. The van der Waals surface area contributed by atoms with Crippen LogP contribution in [0.25, 0.3) is 0 Å². The van der Waals surface area contributed by atoms with Crippen molar-refractivity contribution in [2.24, 2.45) is 5.73 Å². The number of hydrogen-bond donors (Lipinski definition) is 2. The normalized spacial score (nSPS) is 26.4. The molecule has 112 valence electrons. The van der Waals surface area contributed by atoms with Gasteiger partial charge in [-0.3, -0.25) is 0 Å². The largest absolute Gasteiger partial charge is 0.389 e. The molecule has 1 fully saturated rings. The van der Waals surface area contributed by atoms with Gasteiger partial charge in [0.05, 0.1) is 10.5 Å². The van der Waals surface area contributed by atoms with Gasteiger partial charge in [0.15, 0.2) is 0 Å². The lowest BCUT2D eigenvalue weighted by molar-refractivity contribution is 0.00940. The molecule has 2 rings (SSSR count). The Morgan fingerprint density at radius 1 is 1.35 bits per heavy atom. The van der Waals surface area contributed by atoms with Crippen LogP contribution in [-0.2, 0) is 10.0 Å². The van der Waals surface area contributed by atoms with E-state index in [0.717, 1.165) is 5.56 Å². The summed E-state index contributed by atoms with van der Waals surface area (Å²) in [5.41, 5.74) is 5.71. The second kappa shape index (κ2) is 5.44. The van der Waals surface area contributed by atoms with Crippen LogP contribution in [0, 0.1) is 0 Å². The van der Waals surface area contributed by atoms with Gasteiger partial charge in [0.2, 0.25) is 10.0 Å². The van der Waals surface area contributed by atoms with Crippen molar-refractivity contribution in [2.45, 2.75) is 43.2 Å². The molecule has 2 unspecified atom stereocenters. The summed E-state index contributed by atoms with van der Waals surface area (Å²) in [6.07, 6.45) is 1.30. The summed E-state index contributed by atoms with van der Waals surface area (Å²) in [5, 5.41) is 10.0. The molecule has 6 heteroatoms. The van der Waals surface area contributed by atoms with E-state index in [0.29, 0.717) is 19.4 Å². The molecule has 0 radical (unpaired) electrons. The summed E-state index contributed by atoms with van der Waals surface area (Å²) < 4.78 is 26.4. The first-order valence-corrected chi connectivity index (χ1v) is 8.24. The molecule has 0 bridgehead atoms. The van der Waals surface area contributed by atoms with Crippen LogP contribution < -0.4 is 5.73 Å². The smallest absolute Gasteiger partial charge is 0.243 e. The summed E-state index contributed by atoms with van der Waals surface area (Å²) in [6.45, 7) is 4.12. The van der Waals surface area contributed by atoms with Crippen molar-refractivity contribution in [1.82, 2.24) is 4.31 Å². The van der Waals surface area contributed by atoms with E-state index in [1.165, 1.54) is 4.31 Å². The molecule has 3 N–H and O–H groups in total. The Balaban J connectivity index is 2.26. The number of sulfonamides is 1. The predicted octanol–water partition coefficient (Wildman–Crippen LogP) is 1.24. The highest BCUT2D eigenvalue weighted by Crippen LogP contribution is 2.26. The molecule has 0 aliphatic carbocycles. The van der Waals surface area contributed by atoms with Crippen LogP contribution in [-0.4, -0.2) is 36.5 Å². The Morgan fingerprint density at radius 2 is 1.95 bits per heavy atom. The van der Waals surface area contributed by atoms with E-state index in [1.807, 2.05) is 6.92 Å². The SMILES string of the molecule is CC(N)c1ccc(S(=O)(=O)N2CCCC(C)(O)C2)cc1. The van der Waals surface area contributed by atoms with Crippen LogP contribution in [0.2, 0.25) is 0 Å². The fourth-order valence-electron chi connectivity index (χ4n) is 2.47. The number of nitrogens with two attached hydrogens (primary N) is 1. The lowest BCUT2D eigenvalue weighted by Crippen LogP contribution is -2.48. The highest BCUT2D eigenvalue weighted by atomic mass is 32.2. The van der Waals surface area contributed by atoms with Crippen LogP contribution >= 0.6 is 0 Å². The van der Waals surface area contributed by atoms with E-state index in [2.05, 4.69) is 0 Å². The number of benzene rings is 1. The molecule has 1 aromatic carbocycles. The first-order chi connectivity index (χ1) is 9.22. The van der Waals surface area contributed by atoms with E-state index in [-0.39, 0.29) is 17.5 Å². The second-order valence-corrected chi connectivity index (χ2v) is 7.73. The number of piperidine rings is 1. The van der Waals surface area contributed by atoms with Gasteiger partial charge >= 0.3 is 0 Å². The Morgan fingerprint density at radius 3 is 2.45 bits per heavy atom. The topological polar surface area (TPSA) is 83.6 Å². The molecule has 1 saturated heterocycles. The minimum Gasteiger partial charge on any atom is -0.389 e. The zero-order chi connectivity index (χ0) is 15.0. The summed E-state index contributed by atoms with van der Waals surface area (Å²) >= 11 is 0. The molecule has 0 saturated carbocycles. The van der Waals surface area contributed by atoms with Gasteiger partial charge in [0.1, 0.15) is 0 Å². The quantitative estimate of drug-likeness (QED) is 0.879. The van der Waals surface area contributed by atoms with E-state index in [9.17, 15) is 13.5 Å². The molecule has 0 spiro atoms. The maximum Gasteiger partial charge on any atom is 0.243 e. The molecule has 0 aromatic heterocycles. The third-order valence-electron chi connectivity index (χ3n) is 3.68. The number of nitrogens with zero attached hydrogens (tertiary/aromatic N) is 1. The maximum atomic E-state index is 12.5. The zero-order valence-electron chi connectivity index (χ0n) is 11.9. The predicted molar refractivity (Wildman–Crippen MR) is 77.7 cm³/mol. The minimum absolute atomic E-state index is 0.123. The van der Waals surface area contributed by atoms with Crippen molar-refractivity contribution in [2.75, 3.05) is 13.1 Å². The first-order valence-electron chi connectivity index (χ1n) is 6.80. The number of rotatable bonds is 3. The highest BCUT2D eigenvalue weighted by molar-refractivity contribution is 7.89. The van der Waals surface area contributed by atoms with Crippen LogP contribution in [0.1, 0.15) is 38.3 Å². The Kier molecular flexibility index (Phi) is 4.20. The van der Waals surface area contributed by atoms with Gasteiger partial charge in [-0.25, -0.2) is 8.42 Å². The van der Waals surface area contributed by atoms with Crippen LogP contribution in [0.4, 0.5) is 0 Å². The fraction of sp³-hybridized carbons (Fsp3) is 0.571. The molecule has 20 heavy (non-hydrogen) atoms. The molecule has 1 heterocycles. The molecule has 1 aliphatic rings. The van der Waals surface area contributed by atoms with Gasteiger partial charge in [-0.1, -0.05) is 12.1 Å².